The highest BCUT2D eigenvalue weighted by atomic mass is 32.2. The second-order valence-corrected chi connectivity index (χ2v) is 10.1. The first-order valence-corrected chi connectivity index (χ1v) is 11.7. The Bertz CT molecular complexity index is 802. The fourth-order valence-electron chi connectivity index (χ4n) is 4.99. The Morgan fingerprint density at radius 1 is 1.04 bits per heavy atom. The maximum absolute atomic E-state index is 13.1. The summed E-state index contributed by atoms with van der Waals surface area (Å²) in [6.45, 7) is 0.304. The third-order valence-electron chi connectivity index (χ3n) is 6.26. The lowest BCUT2D eigenvalue weighted by atomic mass is 9.97. The van der Waals surface area contributed by atoms with Gasteiger partial charge in [-0.1, -0.05) is 31.7 Å². The quantitative estimate of drug-likeness (QED) is 0.738. The highest BCUT2D eigenvalue weighted by molar-refractivity contribution is 7.91. The number of sulfone groups is 1. The summed E-state index contributed by atoms with van der Waals surface area (Å²) in [5, 5.41) is 0. The zero-order valence-corrected chi connectivity index (χ0v) is 16.7. The number of methoxy groups -OCH3 is 1. The molecule has 1 amide bonds. The molecule has 3 fully saturated rings. The molecule has 7 heteroatoms. The summed E-state index contributed by atoms with van der Waals surface area (Å²) in [5.41, 5.74) is 0.729. The largest absolute Gasteiger partial charge is 0.497 e. The number of amides is 1. The summed E-state index contributed by atoms with van der Waals surface area (Å²) in [5.74, 6) is 0.862. The predicted octanol–water partition coefficient (Wildman–Crippen LogP) is 2.23. The number of hydrogen-bond donors (Lipinski definition) is 0. The van der Waals surface area contributed by atoms with Gasteiger partial charge >= 0.3 is 0 Å². The van der Waals surface area contributed by atoms with Gasteiger partial charge in [0.15, 0.2) is 9.84 Å². The van der Waals surface area contributed by atoms with Gasteiger partial charge in [0.25, 0.3) is 0 Å². The van der Waals surface area contributed by atoms with Crippen molar-refractivity contribution >= 4 is 21.4 Å². The molecule has 0 radical (unpaired) electrons. The molecule has 27 heavy (non-hydrogen) atoms. The number of nitrogens with zero attached hydrogens (tertiary/aromatic N) is 2. The molecule has 0 spiro atoms. The SMILES string of the molecule is COc1cccc(N2C(=O)CN(C3CCCCCC3)C3CS(=O)(=O)CC32)c1. The molecule has 2 aliphatic heterocycles. The van der Waals surface area contributed by atoms with Crippen molar-refractivity contribution in [2.24, 2.45) is 0 Å². The lowest BCUT2D eigenvalue weighted by Gasteiger charge is -2.46. The summed E-state index contributed by atoms with van der Waals surface area (Å²) in [4.78, 5) is 17.1. The lowest BCUT2D eigenvalue weighted by Crippen LogP contribution is -2.64. The van der Waals surface area contributed by atoms with E-state index in [0.717, 1.165) is 18.5 Å². The summed E-state index contributed by atoms with van der Waals surface area (Å²) in [6, 6.07) is 7.26. The number of piperazine rings is 1. The van der Waals surface area contributed by atoms with Crippen LogP contribution in [0.4, 0.5) is 5.69 Å². The zero-order chi connectivity index (χ0) is 19.0. The van der Waals surface area contributed by atoms with Crippen LogP contribution in [-0.2, 0) is 14.6 Å². The Morgan fingerprint density at radius 2 is 1.74 bits per heavy atom. The van der Waals surface area contributed by atoms with Crippen LogP contribution < -0.4 is 9.64 Å². The van der Waals surface area contributed by atoms with Crippen molar-refractivity contribution in [2.75, 3.05) is 30.1 Å². The van der Waals surface area contributed by atoms with Crippen molar-refractivity contribution < 1.29 is 17.9 Å². The smallest absolute Gasteiger partial charge is 0.241 e. The van der Waals surface area contributed by atoms with Crippen LogP contribution in [-0.4, -0.2) is 62.5 Å². The van der Waals surface area contributed by atoms with E-state index in [1.165, 1.54) is 25.7 Å². The minimum absolute atomic E-state index is 0.00847. The van der Waals surface area contributed by atoms with Crippen LogP contribution in [0.2, 0.25) is 0 Å². The first-order valence-electron chi connectivity index (χ1n) is 9.91. The van der Waals surface area contributed by atoms with Gasteiger partial charge in [-0.15, -0.1) is 0 Å². The monoisotopic (exact) mass is 392 g/mol. The van der Waals surface area contributed by atoms with Crippen LogP contribution in [0.15, 0.2) is 24.3 Å². The normalized spacial score (nSPS) is 29.4. The predicted molar refractivity (Wildman–Crippen MR) is 105 cm³/mol. The number of ether oxygens (including phenoxy) is 1. The standard InChI is InChI=1S/C20H28N2O4S/c1-26-17-10-6-9-16(11-17)22-19-14-27(24,25)13-18(19)21(12-20(22)23)15-7-4-2-3-5-8-15/h6,9-11,15,18-19H,2-5,7-8,12-14H2,1H3. The second kappa shape index (κ2) is 7.43. The topological polar surface area (TPSA) is 66.9 Å². The van der Waals surface area contributed by atoms with E-state index in [-0.39, 0.29) is 29.5 Å². The van der Waals surface area contributed by atoms with Crippen molar-refractivity contribution in [1.82, 2.24) is 4.90 Å². The average molecular weight is 393 g/mol. The number of rotatable bonds is 3. The van der Waals surface area contributed by atoms with Crippen LogP contribution in [0.5, 0.6) is 5.75 Å². The molecule has 0 N–H and O–H groups in total. The number of carbonyl (C=O) groups excluding carboxylic acids is 1. The van der Waals surface area contributed by atoms with Gasteiger partial charge in [0.05, 0.1) is 31.2 Å². The lowest BCUT2D eigenvalue weighted by molar-refractivity contribution is -0.124. The highest BCUT2D eigenvalue weighted by Crippen LogP contribution is 2.36. The van der Waals surface area contributed by atoms with E-state index in [1.807, 2.05) is 24.3 Å². The van der Waals surface area contributed by atoms with E-state index in [4.69, 9.17) is 4.74 Å². The van der Waals surface area contributed by atoms with Crippen molar-refractivity contribution in [3.63, 3.8) is 0 Å². The molecule has 4 rings (SSSR count). The van der Waals surface area contributed by atoms with E-state index < -0.39 is 9.84 Å². The van der Waals surface area contributed by atoms with Gasteiger partial charge in [0, 0.05) is 23.8 Å². The third-order valence-corrected chi connectivity index (χ3v) is 7.96. The van der Waals surface area contributed by atoms with E-state index in [1.54, 1.807) is 12.0 Å². The van der Waals surface area contributed by atoms with Crippen molar-refractivity contribution in [3.05, 3.63) is 24.3 Å². The van der Waals surface area contributed by atoms with E-state index >= 15 is 0 Å². The van der Waals surface area contributed by atoms with Gasteiger partial charge in [0.1, 0.15) is 5.75 Å². The minimum Gasteiger partial charge on any atom is -0.497 e. The Labute approximate surface area is 161 Å². The number of anilines is 1. The molecule has 0 aromatic heterocycles. The van der Waals surface area contributed by atoms with Crippen molar-refractivity contribution in [2.45, 2.75) is 56.7 Å². The molecule has 0 bridgehead atoms. The molecule has 3 aliphatic rings. The van der Waals surface area contributed by atoms with E-state index in [9.17, 15) is 13.2 Å². The number of benzene rings is 1. The number of carbonyl (C=O) groups is 1. The Balaban J connectivity index is 1.67. The van der Waals surface area contributed by atoms with Crippen LogP contribution in [0.3, 0.4) is 0 Å². The van der Waals surface area contributed by atoms with Gasteiger partial charge in [-0.3, -0.25) is 9.69 Å². The zero-order valence-electron chi connectivity index (χ0n) is 15.8. The molecule has 1 aliphatic carbocycles. The number of fused-ring (bicyclic) bond motifs is 1. The molecule has 148 valence electrons. The first kappa shape index (κ1) is 18.7. The maximum atomic E-state index is 13.1. The molecule has 1 aromatic carbocycles. The fraction of sp³-hybridized carbons (Fsp3) is 0.650. The second-order valence-electron chi connectivity index (χ2n) is 7.99. The molecule has 6 nitrogen and oxygen atoms in total. The molecular weight excluding hydrogens is 364 g/mol. The van der Waals surface area contributed by atoms with E-state index in [2.05, 4.69) is 4.90 Å². The Hall–Kier alpha value is -1.60. The molecule has 1 saturated carbocycles. The Morgan fingerprint density at radius 3 is 2.44 bits per heavy atom. The van der Waals surface area contributed by atoms with Gasteiger partial charge in [-0.05, 0) is 25.0 Å². The summed E-state index contributed by atoms with van der Waals surface area (Å²) in [7, 11) is -1.57. The first-order chi connectivity index (χ1) is 13.0. The minimum atomic E-state index is -3.16. The van der Waals surface area contributed by atoms with Crippen LogP contribution >= 0.6 is 0 Å². The average Bonchev–Trinajstić information content (AvgIpc) is 2.82. The van der Waals surface area contributed by atoms with Gasteiger partial charge < -0.3 is 9.64 Å². The van der Waals surface area contributed by atoms with Crippen LogP contribution in [0.1, 0.15) is 38.5 Å². The third kappa shape index (κ3) is 3.72. The maximum Gasteiger partial charge on any atom is 0.241 e. The van der Waals surface area contributed by atoms with Gasteiger partial charge in [0.2, 0.25) is 5.91 Å². The number of hydrogen-bond acceptors (Lipinski definition) is 5. The summed E-state index contributed by atoms with van der Waals surface area (Å²) < 4.78 is 30.3. The van der Waals surface area contributed by atoms with Gasteiger partial charge in [-0.2, -0.15) is 0 Å². The highest BCUT2D eigenvalue weighted by Gasteiger charge is 2.51. The fourth-order valence-corrected chi connectivity index (χ4v) is 6.96. The summed E-state index contributed by atoms with van der Waals surface area (Å²) in [6.07, 6.45) is 6.94. The molecular formula is C20H28N2O4S. The molecule has 2 unspecified atom stereocenters. The molecule has 2 atom stereocenters. The summed E-state index contributed by atoms with van der Waals surface area (Å²) >= 11 is 0. The van der Waals surface area contributed by atoms with Crippen molar-refractivity contribution in [3.8, 4) is 5.75 Å². The van der Waals surface area contributed by atoms with Crippen molar-refractivity contribution in [1.29, 1.82) is 0 Å². The molecule has 1 aromatic rings. The molecule has 2 heterocycles. The van der Waals surface area contributed by atoms with Crippen LogP contribution in [0, 0.1) is 0 Å². The van der Waals surface area contributed by atoms with Crippen LogP contribution in [0.25, 0.3) is 0 Å². The Kier molecular flexibility index (Phi) is 5.16. The molecule has 2 saturated heterocycles. The van der Waals surface area contributed by atoms with Gasteiger partial charge in [-0.25, -0.2) is 8.42 Å². The van der Waals surface area contributed by atoms with E-state index in [0.29, 0.717) is 18.3 Å².